The maximum absolute atomic E-state index is 12.9. The molecule has 6 heteroatoms. The second-order valence-corrected chi connectivity index (χ2v) is 21.6. The maximum Gasteiger partial charge on any atom is 0.306 e. The Morgan fingerprint density at radius 1 is 0.253 bits per heavy atom. The summed E-state index contributed by atoms with van der Waals surface area (Å²) in [4.78, 5) is 38.3. The van der Waals surface area contributed by atoms with Gasteiger partial charge in [0.15, 0.2) is 6.10 Å². The minimum Gasteiger partial charge on any atom is -0.462 e. The molecule has 0 spiro atoms. The van der Waals surface area contributed by atoms with Gasteiger partial charge in [-0.25, -0.2) is 0 Å². The summed E-state index contributed by atoms with van der Waals surface area (Å²) in [5.74, 6) is -0.937. The highest BCUT2D eigenvalue weighted by atomic mass is 16.6. The normalized spacial score (nSPS) is 13.2. The second-order valence-electron chi connectivity index (χ2n) is 21.6. The van der Waals surface area contributed by atoms with Gasteiger partial charge in [0.05, 0.1) is 0 Å². The van der Waals surface area contributed by atoms with Crippen molar-refractivity contribution in [3.63, 3.8) is 0 Å². The lowest BCUT2D eigenvalue weighted by Crippen LogP contribution is -2.30. The van der Waals surface area contributed by atoms with Crippen LogP contribution >= 0.6 is 0 Å². The van der Waals surface area contributed by atoms with Crippen LogP contribution in [0.15, 0.2) is 170 Å². The summed E-state index contributed by atoms with van der Waals surface area (Å²) in [5.41, 5.74) is 0. The fourth-order valence-electron chi connectivity index (χ4n) is 8.70. The van der Waals surface area contributed by atoms with Crippen LogP contribution in [0.1, 0.15) is 278 Å². The smallest absolute Gasteiger partial charge is 0.306 e. The molecule has 0 saturated carbocycles. The topological polar surface area (TPSA) is 78.9 Å². The lowest BCUT2D eigenvalue weighted by molar-refractivity contribution is -0.167. The number of carbonyl (C=O) groups excluding carboxylic acids is 3. The van der Waals surface area contributed by atoms with Crippen LogP contribution in [0, 0.1) is 0 Å². The van der Waals surface area contributed by atoms with E-state index in [9.17, 15) is 14.4 Å². The fourth-order valence-corrected chi connectivity index (χ4v) is 8.70. The molecule has 1 unspecified atom stereocenters. The third-order valence-electron chi connectivity index (χ3n) is 13.7. The number of ether oxygens (including phenoxy) is 3. The molecule has 0 fully saturated rings. The first-order chi connectivity index (χ1) is 41.0. The van der Waals surface area contributed by atoms with Crippen LogP contribution in [0.25, 0.3) is 0 Å². The van der Waals surface area contributed by atoms with Gasteiger partial charge in [-0.3, -0.25) is 14.4 Å². The molecule has 83 heavy (non-hydrogen) atoms. The molecule has 0 amide bonds. The molecular formula is C77H122O6. The molecule has 0 aliphatic heterocycles. The van der Waals surface area contributed by atoms with Gasteiger partial charge in [0.25, 0.3) is 0 Å². The van der Waals surface area contributed by atoms with Gasteiger partial charge in [0.1, 0.15) is 13.2 Å². The molecule has 0 aromatic rings. The molecule has 0 saturated heterocycles. The minimum absolute atomic E-state index is 0.0984. The predicted octanol–water partition coefficient (Wildman–Crippen LogP) is 23.4. The molecule has 0 aromatic carbocycles. The van der Waals surface area contributed by atoms with Gasteiger partial charge in [-0.2, -0.15) is 0 Å². The Morgan fingerprint density at radius 3 is 0.747 bits per heavy atom. The molecule has 0 N–H and O–H groups in total. The van der Waals surface area contributed by atoms with Gasteiger partial charge in [-0.1, -0.05) is 281 Å². The quantitative estimate of drug-likeness (QED) is 0.0261. The number of hydrogen-bond donors (Lipinski definition) is 0. The Hall–Kier alpha value is -5.23. The molecule has 0 radical (unpaired) electrons. The highest BCUT2D eigenvalue weighted by Crippen LogP contribution is 2.14. The van der Waals surface area contributed by atoms with Crippen molar-refractivity contribution in [1.82, 2.24) is 0 Å². The van der Waals surface area contributed by atoms with E-state index in [2.05, 4.69) is 191 Å². The lowest BCUT2D eigenvalue weighted by atomic mass is 10.1. The summed E-state index contributed by atoms with van der Waals surface area (Å²) < 4.78 is 16.9. The van der Waals surface area contributed by atoms with Crippen molar-refractivity contribution in [2.24, 2.45) is 0 Å². The summed E-state index contributed by atoms with van der Waals surface area (Å²) in [7, 11) is 0. The van der Waals surface area contributed by atoms with Crippen LogP contribution in [-0.2, 0) is 28.6 Å². The summed E-state index contributed by atoms with van der Waals surface area (Å²) in [6, 6.07) is 0. The molecule has 0 bridgehead atoms. The zero-order chi connectivity index (χ0) is 59.9. The van der Waals surface area contributed by atoms with Crippen molar-refractivity contribution < 1.29 is 28.6 Å². The zero-order valence-electron chi connectivity index (χ0n) is 53.4. The van der Waals surface area contributed by atoms with E-state index in [1.807, 2.05) is 0 Å². The maximum atomic E-state index is 12.9. The highest BCUT2D eigenvalue weighted by Gasteiger charge is 2.19. The Balaban J connectivity index is 4.36. The molecule has 0 heterocycles. The van der Waals surface area contributed by atoms with Gasteiger partial charge in [0, 0.05) is 19.3 Å². The number of unbranched alkanes of at least 4 members (excludes halogenated alkanes) is 20. The monoisotopic (exact) mass is 1140 g/mol. The number of allylic oxidation sites excluding steroid dienone is 28. The Bertz CT molecular complexity index is 1890. The predicted molar refractivity (Wildman–Crippen MR) is 361 cm³/mol. The molecule has 0 rings (SSSR count). The summed E-state index contributed by atoms with van der Waals surface area (Å²) in [6.07, 6.45) is 102. The number of carbonyl (C=O) groups is 3. The van der Waals surface area contributed by atoms with Crippen molar-refractivity contribution in [1.29, 1.82) is 0 Å². The Kier molecular flexibility index (Phi) is 64.9. The van der Waals surface area contributed by atoms with E-state index in [1.54, 1.807) is 0 Å². The Morgan fingerprint density at radius 2 is 0.470 bits per heavy atom. The third kappa shape index (κ3) is 67.4. The van der Waals surface area contributed by atoms with E-state index in [-0.39, 0.29) is 31.1 Å². The first-order valence-electron chi connectivity index (χ1n) is 33.6. The van der Waals surface area contributed by atoms with Crippen molar-refractivity contribution in [3.05, 3.63) is 170 Å². The summed E-state index contributed by atoms with van der Waals surface area (Å²) in [5, 5.41) is 0. The van der Waals surface area contributed by atoms with Gasteiger partial charge >= 0.3 is 17.9 Å². The van der Waals surface area contributed by atoms with Crippen LogP contribution in [0.5, 0.6) is 0 Å². The molecule has 466 valence electrons. The minimum atomic E-state index is -0.804. The third-order valence-corrected chi connectivity index (χ3v) is 13.7. The van der Waals surface area contributed by atoms with Crippen molar-refractivity contribution in [2.45, 2.75) is 284 Å². The van der Waals surface area contributed by atoms with Crippen molar-refractivity contribution in [2.75, 3.05) is 13.2 Å². The van der Waals surface area contributed by atoms with Gasteiger partial charge in [-0.15, -0.1) is 0 Å². The van der Waals surface area contributed by atoms with E-state index in [0.717, 1.165) is 180 Å². The van der Waals surface area contributed by atoms with Crippen molar-refractivity contribution >= 4 is 17.9 Å². The lowest BCUT2D eigenvalue weighted by Gasteiger charge is -2.18. The molecule has 0 aliphatic rings. The van der Waals surface area contributed by atoms with Gasteiger partial charge in [-0.05, 0) is 148 Å². The van der Waals surface area contributed by atoms with Crippen LogP contribution in [0.4, 0.5) is 0 Å². The second kappa shape index (κ2) is 69.3. The standard InChI is InChI=1S/C77H122O6/c1-4-7-10-13-16-19-22-24-26-28-30-32-34-35-36-37-38-39-40-41-43-44-46-48-50-52-55-58-61-64-67-70-76(79)82-73-74(72-81-75(78)69-66-63-60-57-54-21-18-15-12-9-6-3)83-77(80)71-68-65-62-59-56-53-51-49-47-45-42-33-31-29-27-25-23-20-17-14-11-8-5-2/h7-8,10-11,15-20,24-27,30-33,35-36,38-39,41,43,45-48,74H,4-6,9,12-14,21-23,28-29,34,37,40,42,44,49-73H2,1-3H3/b10-7-,11-8-,18-15-,19-16-,20-17-,26-24-,27-25-,32-30-,33-31-,36-35-,39-38-,43-41-,47-45-,48-46-. The van der Waals surface area contributed by atoms with E-state index >= 15 is 0 Å². The highest BCUT2D eigenvalue weighted by molar-refractivity contribution is 5.71. The first kappa shape index (κ1) is 77.8. The molecular weight excluding hydrogens is 1020 g/mol. The average Bonchev–Trinajstić information content (AvgIpc) is 3.48. The van der Waals surface area contributed by atoms with Crippen LogP contribution in [0.3, 0.4) is 0 Å². The van der Waals surface area contributed by atoms with Gasteiger partial charge in [0.2, 0.25) is 0 Å². The Labute approximate surface area is 511 Å². The molecule has 1 atom stereocenters. The molecule has 0 aliphatic carbocycles. The number of esters is 3. The SMILES string of the molecule is CC/C=C\C/C=C\C/C=C\C/C=C\C/C=C\C/C=C\C/C=C\C/C=C\CCCCCCCCC(=O)OCC(COC(=O)CCCCCCC/C=C\CCCC)OC(=O)CCCCCCCCC/C=C\C/C=C\C/C=C\C/C=C\C/C=C\CC. The van der Waals surface area contributed by atoms with E-state index in [4.69, 9.17) is 14.2 Å². The van der Waals surface area contributed by atoms with E-state index < -0.39 is 6.10 Å². The van der Waals surface area contributed by atoms with Gasteiger partial charge < -0.3 is 14.2 Å². The van der Waals surface area contributed by atoms with Crippen LogP contribution in [0.2, 0.25) is 0 Å². The van der Waals surface area contributed by atoms with Crippen LogP contribution in [-0.4, -0.2) is 37.2 Å². The summed E-state index contributed by atoms with van der Waals surface area (Å²) >= 11 is 0. The molecule has 0 aromatic heterocycles. The number of hydrogen-bond acceptors (Lipinski definition) is 6. The average molecular weight is 1140 g/mol. The first-order valence-corrected chi connectivity index (χ1v) is 33.6. The van der Waals surface area contributed by atoms with E-state index in [1.165, 1.54) is 57.8 Å². The number of rotatable bonds is 59. The fraction of sp³-hybridized carbons (Fsp3) is 0.597. The van der Waals surface area contributed by atoms with E-state index in [0.29, 0.717) is 19.3 Å². The van der Waals surface area contributed by atoms with Crippen LogP contribution < -0.4 is 0 Å². The molecule has 6 nitrogen and oxygen atoms in total. The zero-order valence-corrected chi connectivity index (χ0v) is 53.4. The summed E-state index contributed by atoms with van der Waals surface area (Å²) in [6.45, 7) is 6.34. The van der Waals surface area contributed by atoms with Crippen molar-refractivity contribution in [3.8, 4) is 0 Å². The largest absolute Gasteiger partial charge is 0.462 e.